The molecule has 0 spiro atoms. The normalized spacial score (nSPS) is 10.1. The summed E-state index contributed by atoms with van der Waals surface area (Å²) in [6.45, 7) is 2.12. The number of hydrogen-bond acceptors (Lipinski definition) is 2. The number of aliphatic carboxylic acids is 1. The van der Waals surface area contributed by atoms with E-state index in [1.54, 1.807) is 11.8 Å². The van der Waals surface area contributed by atoms with Crippen LogP contribution in [0.4, 0.5) is 0 Å². The minimum absolute atomic E-state index is 0.222. The second kappa shape index (κ2) is 5.70. The molecule has 0 atom stereocenters. The zero-order valence-electron chi connectivity index (χ0n) is 8.19. The number of carbonyl (C=O) groups is 1. The molecular weight excluding hydrogens is 196 g/mol. The minimum Gasteiger partial charge on any atom is -0.481 e. The largest absolute Gasteiger partial charge is 0.481 e. The van der Waals surface area contributed by atoms with Crippen LogP contribution in [0.5, 0.6) is 0 Å². The first-order valence-corrected chi connectivity index (χ1v) is 5.64. The van der Waals surface area contributed by atoms with E-state index in [9.17, 15) is 4.79 Å². The van der Waals surface area contributed by atoms with E-state index in [0.717, 1.165) is 11.3 Å². The van der Waals surface area contributed by atoms with Gasteiger partial charge in [0.1, 0.15) is 0 Å². The quantitative estimate of drug-likeness (QED) is 0.759. The number of thioether (sulfide) groups is 1. The second-order valence-corrected chi connectivity index (χ2v) is 4.16. The number of hydrogen-bond donors (Lipinski definition) is 1. The Labute approximate surface area is 88.3 Å². The maximum absolute atomic E-state index is 10.3. The maximum atomic E-state index is 10.3. The minimum atomic E-state index is -0.734. The highest BCUT2D eigenvalue weighted by Gasteiger charge is 1.98. The van der Waals surface area contributed by atoms with Gasteiger partial charge in [0.25, 0.3) is 0 Å². The van der Waals surface area contributed by atoms with Gasteiger partial charge in [0.2, 0.25) is 0 Å². The summed E-state index contributed by atoms with van der Waals surface area (Å²) in [7, 11) is 0. The van der Waals surface area contributed by atoms with E-state index in [1.165, 1.54) is 5.56 Å². The molecule has 0 amide bonds. The Morgan fingerprint density at radius 3 is 2.50 bits per heavy atom. The lowest BCUT2D eigenvalue weighted by molar-refractivity contribution is -0.136. The molecule has 0 saturated carbocycles. The zero-order chi connectivity index (χ0) is 10.4. The molecule has 1 aromatic rings. The molecule has 3 heteroatoms. The molecular formula is C11H14O2S. The Hall–Kier alpha value is -0.960. The lowest BCUT2D eigenvalue weighted by atomic mass is 10.2. The van der Waals surface area contributed by atoms with Gasteiger partial charge in [0.15, 0.2) is 0 Å². The molecule has 0 aliphatic carbocycles. The van der Waals surface area contributed by atoms with Crippen LogP contribution < -0.4 is 0 Å². The van der Waals surface area contributed by atoms with E-state index in [2.05, 4.69) is 19.1 Å². The summed E-state index contributed by atoms with van der Waals surface area (Å²) in [5, 5.41) is 8.46. The number of aryl methyl sites for hydroxylation is 1. The van der Waals surface area contributed by atoms with Crippen LogP contribution in [0.15, 0.2) is 29.2 Å². The molecule has 0 saturated heterocycles. The van der Waals surface area contributed by atoms with E-state index < -0.39 is 5.97 Å². The average Bonchev–Trinajstić information content (AvgIpc) is 2.18. The standard InChI is InChI=1S/C11H14O2S/c1-2-9-3-5-10(6-4-9)14-8-7-11(12)13/h3-6H,2,7-8H2,1H3,(H,12,13). The third-order valence-electron chi connectivity index (χ3n) is 1.92. The highest BCUT2D eigenvalue weighted by atomic mass is 32.2. The van der Waals surface area contributed by atoms with Crippen molar-refractivity contribution in [2.24, 2.45) is 0 Å². The van der Waals surface area contributed by atoms with E-state index in [4.69, 9.17) is 5.11 Å². The highest BCUT2D eigenvalue weighted by molar-refractivity contribution is 7.99. The van der Waals surface area contributed by atoms with Crippen molar-refractivity contribution >= 4 is 17.7 Å². The van der Waals surface area contributed by atoms with Gasteiger partial charge in [0, 0.05) is 10.6 Å². The molecule has 0 fully saturated rings. The summed E-state index contributed by atoms with van der Waals surface area (Å²) in [6.07, 6.45) is 1.26. The fourth-order valence-electron chi connectivity index (χ4n) is 1.08. The third-order valence-corrected chi connectivity index (χ3v) is 2.93. The van der Waals surface area contributed by atoms with Gasteiger partial charge in [-0.2, -0.15) is 0 Å². The average molecular weight is 210 g/mol. The predicted molar refractivity (Wildman–Crippen MR) is 58.8 cm³/mol. The van der Waals surface area contributed by atoms with Crippen molar-refractivity contribution in [2.75, 3.05) is 5.75 Å². The summed E-state index contributed by atoms with van der Waals surface area (Å²) >= 11 is 1.59. The molecule has 0 radical (unpaired) electrons. The Bertz CT molecular complexity index is 293. The number of carboxylic acid groups (broad SMARTS) is 1. The van der Waals surface area contributed by atoms with Crippen LogP contribution in [0.1, 0.15) is 18.9 Å². The number of rotatable bonds is 5. The summed E-state index contributed by atoms with van der Waals surface area (Å²) in [6, 6.07) is 8.27. The van der Waals surface area contributed by atoms with Crippen molar-refractivity contribution in [1.29, 1.82) is 0 Å². The van der Waals surface area contributed by atoms with E-state index in [0.29, 0.717) is 5.75 Å². The smallest absolute Gasteiger partial charge is 0.304 e. The van der Waals surface area contributed by atoms with Crippen LogP contribution >= 0.6 is 11.8 Å². The molecule has 1 N–H and O–H groups in total. The third kappa shape index (κ3) is 3.83. The van der Waals surface area contributed by atoms with Gasteiger partial charge in [-0.15, -0.1) is 11.8 Å². The number of carboxylic acids is 1. The van der Waals surface area contributed by atoms with Gasteiger partial charge in [-0.3, -0.25) is 4.79 Å². The topological polar surface area (TPSA) is 37.3 Å². The van der Waals surface area contributed by atoms with E-state index in [1.807, 2.05) is 12.1 Å². The molecule has 0 aliphatic heterocycles. The van der Waals surface area contributed by atoms with Gasteiger partial charge >= 0.3 is 5.97 Å². The lowest BCUT2D eigenvalue weighted by Crippen LogP contribution is -1.95. The van der Waals surface area contributed by atoms with Crippen LogP contribution in [-0.4, -0.2) is 16.8 Å². The highest BCUT2D eigenvalue weighted by Crippen LogP contribution is 2.19. The molecule has 2 nitrogen and oxygen atoms in total. The Balaban J connectivity index is 2.40. The van der Waals surface area contributed by atoms with Crippen molar-refractivity contribution in [2.45, 2.75) is 24.7 Å². The van der Waals surface area contributed by atoms with Crippen molar-refractivity contribution in [3.05, 3.63) is 29.8 Å². The lowest BCUT2D eigenvalue weighted by Gasteiger charge is -2.00. The summed E-state index contributed by atoms with van der Waals surface area (Å²) in [5.41, 5.74) is 1.31. The van der Waals surface area contributed by atoms with Crippen LogP contribution in [-0.2, 0) is 11.2 Å². The molecule has 1 aromatic carbocycles. The van der Waals surface area contributed by atoms with E-state index in [-0.39, 0.29) is 6.42 Å². The molecule has 14 heavy (non-hydrogen) atoms. The van der Waals surface area contributed by atoms with Crippen molar-refractivity contribution in [3.8, 4) is 0 Å². The SMILES string of the molecule is CCc1ccc(SCCC(=O)O)cc1. The van der Waals surface area contributed by atoms with Gasteiger partial charge in [-0.25, -0.2) is 0 Å². The molecule has 1 rings (SSSR count). The maximum Gasteiger partial charge on any atom is 0.304 e. The van der Waals surface area contributed by atoms with Gasteiger partial charge in [-0.05, 0) is 24.1 Å². The van der Waals surface area contributed by atoms with Crippen LogP contribution in [0.3, 0.4) is 0 Å². The molecule has 0 bridgehead atoms. The molecule has 0 aromatic heterocycles. The fourth-order valence-corrected chi connectivity index (χ4v) is 1.92. The Kier molecular flexibility index (Phi) is 4.53. The first kappa shape index (κ1) is 11.1. The first-order valence-electron chi connectivity index (χ1n) is 4.66. The van der Waals surface area contributed by atoms with E-state index >= 15 is 0 Å². The summed E-state index contributed by atoms with van der Waals surface area (Å²) in [5.74, 6) is -0.0939. The van der Waals surface area contributed by atoms with Crippen LogP contribution in [0.2, 0.25) is 0 Å². The Morgan fingerprint density at radius 1 is 1.36 bits per heavy atom. The van der Waals surface area contributed by atoms with Crippen LogP contribution in [0.25, 0.3) is 0 Å². The van der Waals surface area contributed by atoms with Crippen LogP contribution in [0, 0.1) is 0 Å². The molecule has 0 heterocycles. The van der Waals surface area contributed by atoms with Gasteiger partial charge in [-0.1, -0.05) is 19.1 Å². The summed E-state index contributed by atoms with van der Waals surface area (Å²) < 4.78 is 0. The molecule has 0 aliphatic rings. The van der Waals surface area contributed by atoms with Crippen molar-refractivity contribution in [3.63, 3.8) is 0 Å². The Morgan fingerprint density at radius 2 is 2.00 bits per heavy atom. The predicted octanol–water partition coefficient (Wildman–Crippen LogP) is 2.82. The first-order chi connectivity index (χ1) is 6.72. The van der Waals surface area contributed by atoms with Crippen molar-refractivity contribution in [1.82, 2.24) is 0 Å². The monoisotopic (exact) mass is 210 g/mol. The zero-order valence-corrected chi connectivity index (χ0v) is 9.01. The van der Waals surface area contributed by atoms with Gasteiger partial charge in [0.05, 0.1) is 6.42 Å². The fraction of sp³-hybridized carbons (Fsp3) is 0.364. The number of benzene rings is 1. The molecule has 0 unspecified atom stereocenters. The summed E-state index contributed by atoms with van der Waals surface area (Å²) in [4.78, 5) is 11.4. The van der Waals surface area contributed by atoms with Gasteiger partial charge < -0.3 is 5.11 Å². The second-order valence-electron chi connectivity index (χ2n) is 2.99. The van der Waals surface area contributed by atoms with Crippen molar-refractivity contribution < 1.29 is 9.90 Å². The molecule has 76 valence electrons.